The summed E-state index contributed by atoms with van der Waals surface area (Å²) in [7, 11) is 1.88. The fraction of sp³-hybridized carbons (Fsp3) is 0.538. The predicted octanol–water partition coefficient (Wildman–Crippen LogP) is -0.359. The first kappa shape index (κ1) is 15.2. The van der Waals surface area contributed by atoms with Crippen molar-refractivity contribution in [3.05, 3.63) is 29.6 Å². The summed E-state index contributed by atoms with van der Waals surface area (Å²) in [6, 6.07) is 0. The van der Waals surface area contributed by atoms with Crippen LogP contribution in [0.4, 0.5) is 0 Å². The van der Waals surface area contributed by atoms with Gasteiger partial charge in [0.1, 0.15) is 12.2 Å². The van der Waals surface area contributed by atoms with Gasteiger partial charge in [0, 0.05) is 32.3 Å². The van der Waals surface area contributed by atoms with Gasteiger partial charge in [0.15, 0.2) is 0 Å². The number of hydrogen-bond donors (Lipinski definition) is 2. The third-order valence-electron chi connectivity index (χ3n) is 3.36. The van der Waals surface area contributed by atoms with Crippen LogP contribution in [0.1, 0.15) is 28.3 Å². The Balaban J connectivity index is 1.88. The lowest BCUT2D eigenvalue weighted by Crippen LogP contribution is -2.26. The van der Waals surface area contributed by atoms with Crippen molar-refractivity contribution in [3.63, 3.8) is 0 Å². The highest BCUT2D eigenvalue weighted by Crippen LogP contribution is 2.07. The van der Waals surface area contributed by atoms with Crippen molar-refractivity contribution in [3.8, 4) is 0 Å². The normalized spacial score (nSPS) is 10.8. The Hall–Kier alpha value is -2.22. The molecule has 0 bridgehead atoms. The number of aromatic nitrogens is 5. The average Bonchev–Trinajstić information content (AvgIpc) is 3.03. The number of nitrogens with two attached hydrogens (primary N) is 1. The summed E-state index contributed by atoms with van der Waals surface area (Å²) in [5.41, 5.74) is 6.95. The second kappa shape index (κ2) is 6.98. The topological polar surface area (TPSA) is 104 Å². The van der Waals surface area contributed by atoms with Gasteiger partial charge in [-0.25, -0.2) is 0 Å². The van der Waals surface area contributed by atoms with Gasteiger partial charge in [-0.3, -0.25) is 9.48 Å². The Bertz CT molecular complexity index is 601. The van der Waals surface area contributed by atoms with Crippen LogP contribution in [-0.2, 0) is 20.0 Å². The van der Waals surface area contributed by atoms with E-state index in [0.29, 0.717) is 25.1 Å². The van der Waals surface area contributed by atoms with Crippen LogP contribution in [0.25, 0.3) is 0 Å². The number of rotatable bonds is 7. The van der Waals surface area contributed by atoms with E-state index in [9.17, 15) is 4.79 Å². The number of nitrogens with zero attached hydrogens (tertiary/aromatic N) is 5. The number of nitrogens with one attached hydrogen (secondary N) is 1. The molecular formula is C13H21N7O. The maximum Gasteiger partial charge on any atom is 0.254 e. The molecule has 21 heavy (non-hydrogen) atoms. The number of amides is 1. The minimum Gasteiger partial charge on any atom is -0.351 e. The van der Waals surface area contributed by atoms with Crippen LogP contribution >= 0.6 is 0 Å². The lowest BCUT2D eigenvalue weighted by molar-refractivity contribution is 0.0953. The number of carbonyl (C=O) groups is 1. The van der Waals surface area contributed by atoms with Gasteiger partial charge >= 0.3 is 0 Å². The van der Waals surface area contributed by atoms with E-state index in [-0.39, 0.29) is 5.91 Å². The van der Waals surface area contributed by atoms with Crippen molar-refractivity contribution in [1.82, 2.24) is 29.9 Å². The van der Waals surface area contributed by atoms with Crippen molar-refractivity contribution in [2.75, 3.05) is 13.1 Å². The van der Waals surface area contributed by atoms with Gasteiger partial charge in [0.25, 0.3) is 5.91 Å². The van der Waals surface area contributed by atoms with Crippen LogP contribution < -0.4 is 11.1 Å². The molecule has 0 spiro atoms. The molecular weight excluding hydrogens is 270 g/mol. The average molecular weight is 291 g/mol. The SMILES string of the molecule is Cc1c(C(=O)NCCc2nncn2C)cnn1CCCN. The minimum atomic E-state index is -0.117. The van der Waals surface area contributed by atoms with E-state index in [4.69, 9.17) is 5.73 Å². The van der Waals surface area contributed by atoms with Gasteiger partial charge in [-0.05, 0) is 19.9 Å². The lowest BCUT2D eigenvalue weighted by atomic mass is 10.2. The van der Waals surface area contributed by atoms with Gasteiger partial charge in [-0.1, -0.05) is 0 Å². The van der Waals surface area contributed by atoms with Crippen LogP contribution in [0.3, 0.4) is 0 Å². The third-order valence-corrected chi connectivity index (χ3v) is 3.36. The van der Waals surface area contributed by atoms with E-state index in [1.54, 1.807) is 12.5 Å². The minimum absolute atomic E-state index is 0.117. The summed E-state index contributed by atoms with van der Waals surface area (Å²) in [4.78, 5) is 12.1. The maximum absolute atomic E-state index is 12.1. The summed E-state index contributed by atoms with van der Waals surface area (Å²) >= 11 is 0. The first-order valence-corrected chi connectivity index (χ1v) is 6.97. The molecule has 0 saturated carbocycles. The molecule has 114 valence electrons. The molecule has 0 saturated heterocycles. The molecule has 0 aliphatic heterocycles. The van der Waals surface area contributed by atoms with E-state index < -0.39 is 0 Å². The number of carbonyl (C=O) groups excluding carboxylic acids is 1. The molecule has 8 nitrogen and oxygen atoms in total. The Kier molecular flexibility index (Phi) is 5.04. The van der Waals surface area contributed by atoms with Gasteiger partial charge < -0.3 is 15.6 Å². The molecule has 1 amide bonds. The summed E-state index contributed by atoms with van der Waals surface area (Å²) in [5.74, 6) is 0.722. The summed E-state index contributed by atoms with van der Waals surface area (Å²) < 4.78 is 3.65. The molecule has 2 rings (SSSR count). The van der Waals surface area contributed by atoms with Crippen molar-refractivity contribution in [2.45, 2.75) is 26.3 Å². The lowest BCUT2D eigenvalue weighted by Gasteiger charge is -2.06. The Labute approximate surface area is 123 Å². The van der Waals surface area contributed by atoms with Crippen molar-refractivity contribution < 1.29 is 4.79 Å². The molecule has 0 aliphatic rings. The molecule has 2 aromatic heterocycles. The van der Waals surface area contributed by atoms with Crippen LogP contribution in [0.15, 0.2) is 12.5 Å². The van der Waals surface area contributed by atoms with Gasteiger partial charge in [0.2, 0.25) is 0 Å². The first-order chi connectivity index (χ1) is 10.1. The molecule has 2 heterocycles. The highest BCUT2D eigenvalue weighted by atomic mass is 16.1. The predicted molar refractivity (Wildman–Crippen MR) is 77.7 cm³/mol. The highest BCUT2D eigenvalue weighted by Gasteiger charge is 2.13. The van der Waals surface area contributed by atoms with E-state index in [2.05, 4.69) is 20.6 Å². The monoisotopic (exact) mass is 291 g/mol. The quantitative estimate of drug-likeness (QED) is 0.725. The Morgan fingerprint density at radius 1 is 1.48 bits per heavy atom. The standard InChI is InChI=1S/C13H21N7O/c1-10-11(8-17-20(10)7-3-5-14)13(21)15-6-4-12-18-16-9-19(12)2/h8-9H,3-7,14H2,1-2H3,(H,15,21). The Morgan fingerprint density at radius 3 is 2.95 bits per heavy atom. The summed E-state index contributed by atoms with van der Waals surface area (Å²) in [6.07, 6.45) is 4.73. The molecule has 0 aromatic carbocycles. The van der Waals surface area contributed by atoms with E-state index in [0.717, 1.165) is 24.5 Å². The fourth-order valence-electron chi connectivity index (χ4n) is 2.05. The summed E-state index contributed by atoms with van der Waals surface area (Å²) in [5, 5.41) is 14.9. The first-order valence-electron chi connectivity index (χ1n) is 6.97. The van der Waals surface area contributed by atoms with Crippen LogP contribution in [-0.4, -0.2) is 43.5 Å². The van der Waals surface area contributed by atoms with Crippen LogP contribution in [0.2, 0.25) is 0 Å². The van der Waals surface area contributed by atoms with Crippen LogP contribution in [0, 0.1) is 6.92 Å². The van der Waals surface area contributed by atoms with Gasteiger partial charge in [-0.2, -0.15) is 5.10 Å². The van der Waals surface area contributed by atoms with Gasteiger partial charge in [0.05, 0.1) is 11.8 Å². The smallest absolute Gasteiger partial charge is 0.254 e. The number of hydrogen-bond acceptors (Lipinski definition) is 5. The van der Waals surface area contributed by atoms with Crippen molar-refractivity contribution >= 4 is 5.91 Å². The number of aryl methyl sites for hydroxylation is 2. The van der Waals surface area contributed by atoms with E-state index >= 15 is 0 Å². The highest BCUT2D eigenvalue weighted by molar-refractivity contribution is 5.95. The Morgan fingerprint density at radius 2 is 2.29 bits per heavy atom. The third kappa shape index (κ3) is 3.66. The largest absolute Gasteiger partial charge is 0.351 e. The molecule has 0 radical (unpaired) electrons. The second-order valence-electron chi connectivity index (χ2n) is 4.87. The zero-order valence-corrected chi connectivity index (χ0v) is 12.4. The molecule has 0 fully saturated rings. The van der Waals surface area contributed by atoms with Crippen molar-refractivity contribution in [2.24, 2.45) is 12.8 Å². The second-order valence-corrected chi connectivity index (χ2v) is 4.87. The maximum atomic E-state index is 12.1. The molecule has 8 heteroatoms. The zero-order valence-electron chi connectivity index (χ0n) is 12.4. The summed E-state index contributed by atoms with van der Waals surface area (Å²) in [6.45, 7) is 3.74. The van der Waals surface area contributed by atoms with Crippen LogP contribution in [0.5, 0.6) is 0 Å². The van der Waals surface area contributed by atoms with E-state index in [1.165, 1.54) is 0 Å². The molecule has 0 unspecified atom stereocenters. The van der Waals surface area contributed by atoms with E-state index in [1.807, 2.05) is 23.2 Å². The van der Waals surface area contributed by atoms with Gasteiger partial charge in [-0.15, -0.1) is 10.2 Å². The molecule has 0 atom stereocenters. The molecule has 3 N–H and O–H groups in total. The molecule has 2 aromatic rings. The fourth-order valence-corrected chi connectivity index (χ4v) is 2.05. The molecule has 0 aliphatic carbocycles. The zero-order chi connectivity index (χ0) is 15.2. The van der Waals surface area contributed by atoms with Crippen molar-refractivity contribution in [1.29, 1.82) is 0 Å².